The SMILES string of the molecule is CCCCC/C=C\C/C=C\CCCCCCCCCCOCC(CN1CCCC1C)OCCCOCCCC[C@H]1CC[C@@]2(C)C(=CC[C@@H]3[C@@H]2CC[C@@]2(C)[C@@]3(N)CC[C@]2(N)[C@H](C)CCCC(C)C)C1. The molecule has 0 spiro atoms. The maximum absolute atomic E-state index is 7.76. The van der Waals surface area contributed by atoms with Crippen molar-refractivity contribution in [3.8, 4) is 0 Å². The Hall–Kier alpha value is -1.02. The maximum Gasteiger partial charge on any atom is 0.0935 e. The van der Waals surface area contributed by atoms with Gasteiger partial charge in [-0.1, -0.05) is 155 Å². The summed E-state index contributed by atoms with van der Waals surface area (Å²) in [6.07, 6.45) is 51.6. The van der Waals surface area contributed by atoms with E-state index in [2.05, 4.69) is 83.7 Å². The van der Waals surface area contributed by atoms with E-state index in [1.165, 1.54) is 180 Å². The van der Waals surface area contributed by atoms with Crippen LogP contribution in [0.2, 0.25) is 0 Å². The minimum absolute atomic E-state index is 0.0262. The van der Waals surface area contributed by atoms with Crippen molar-refractivity contribution in [2.75, 3.05) is 46.1 Å². The van der Waals surface area contributed by atoms with E-state index >= 15 is 0 Å². The molecule has 1 heterocycles. The topological polar surface area (TPSA) is 83.0 Å². The lowest BCUT2D eigenvalue weighted by atomic mass is 9.43. The summed E-state index contributed by atoms with van der Waals surface area (Å²) in [6, 6.07) is 0.656. The average Bonchev–Trinajstić information content (AvgIpc) is 3.82. The molecular weight excluding hydrogens is 835 g/mol. The molecular formula is C62H113N3O3. The zero-order chi connectivity index (χ0) is 48.7. The molecule has 6 heteroatoms. The van der Waals surface area contributed by atoms with E-state index in [0.29, 0.717) is 35.8 Å². The molecule has 1 aliphatic heterocycles. The Morgan fingerprint density at radius 1 is 0.706 bits per heavy atom. The van der Waals surface area contributed by atoms with Gasteiger partial charge in [0.25, 0.3) is 0 Å². The molecule has 394 valence electrons. The van der Waals surface area contributed by atoms with Crippen LogP contribution in [0.3, 0.4) is 0 Å². The summed E-state index contributed by atoms with van der Waals surface area (Å²) in [5.41, 5.74) is 17.2. The van der Waals surface area contributed by atoms with Gasteiger partial charge in [0.15, 0.2) is 0 Å². The number of rotatable bonds is 36. The number of hydrogen-bond acceptors (Lipinski definition) is 6. The van der Waals surface area contributed by atoms with Crippen LogP contribution in [0.5, 0.6) is 0 Å². The van der Waals surface area contributed by atoms with Gasteiger partial charge >= 0.3 is 0 Å². The number of nitrogens with two attached hydrogens (primary N) is 2. The fourth-order valence-electron chi connectivity index (χ4n) is 14.6. The van der Waals surface area contributed by atoms with Gasteiger partial charge in [-0.3, -0.25) is 4.90 Å². The number of unbranched alkanes of at least 4 members (excludes halogenated alkanes) is 12. The smallest absolute Gasteiger partial charge is 0.0935 e. The molecule has 4 N–H and O–H groups in total. The second kappa shape index (κ2) is 30.2. The van der Waals surface area contributed by atoms with Crippen molar-refractivity contribution < 1.29 is 14.2 Å². The van der Waals surface area contributed by atoms with E-state index in [1.54, 1.807) is 5.57 Å². The summed E-state index contributed by atoms with van der Waals surface area (Å²) in [4.78, 5) is 2.61. The molecule has 6 nitrogen and oxygen atoms in total. The van der Waals surface area contributed by atoms with Crippen molar-refractivity contribution in [1.29, 1.82) is 0 Å². The first kappa shape index (κ1) is 57.9. The molecule has 5 aliphatic rings. The third-order valence-electron chi connectivity index (χ3n) is 19.5. The largest absolute Gasteiger partial charge is 0.381 e. The van der Waals surface area contributed by atoms with E-state index in [0.717, 1.165) is 70.5 Å². The van der Waals surface area contributed by atoms with Crippen molar-refractivity contribution in [3.63, 3.8) is 0 Å². The minimum atomic E-state index is -0.143. The number of allylic oxidation sites excluding steroid dienone is 6. The van der Waals surface area contributed by atoms with Crippen LogP contribution in [0.15, 0.2) is 36.0 Å². The lowest BCUT2D eigenvalue weighted by Crippen LogP contribution is -2.71. The number of likely N-dealkylation sites (tertiary alicyclic amines) is 1. The predicted molar refractivity (Wildman–Crippen MR) is 292 cm³/mol. The number of hydrogen-bond donors (Lipinski definition) is 2. The van der Waals surface area contributed by atoms with Gasteiger partial charge in [-0.2, -0.15) is 0 Å². The molecule has 10 atom stereocenters. The van der Waals surface area contributed by atoms with Gasteiger partial charge in [-0.15, -0.1) is 0 Å². The highest BCUT2D eigenvalue weighted by molar-refractivity contribution is 5.31. The summed E-state index contributed by atoms with van der Waals surface area (Å²) in [7, 11) is 0. The lowest BCUT2D eigenvalue weighted by Gasteiger charge is -2.64. The summed E-state index contributed by atoms with van der Waals surface area (Å²) < 4.78 is 18.9. The molecule has 0 amide bonds. The Morgan fingerprint density at radius 3 is 2.12 bits per heavy atom. The van der Waals surface area contributed by atoms with Crippen molar-refractivity contribution >= 4 is 0 Å². The quantitative estimate of drug-likeness (QED) is 0.0481. The number of ether oxygens (including phenoxy) is 3. The van der Waals surface area contributed by atoms with Crippen LogP contribution in [-0.2, 0) is 14.2 Å². The first-order chi connectivity index (χ1) is 32.9. The van der Waals surface area contributed by atoms with Crippen molar-refractivity contribution in [1.82, 2.24) is 4.90 Å². The molecule has 68 heavy (non-hydrogen) atoms. The Bertz CT molecular complexity index is 1460. The monoisotopic (exact) mass is 948 g/mol. The second-order valence-corrected chi connectivity index (χ2v) is 24.7. The fraction of sp³-hybridized carbons (Fsp3) is 0.903. The van der Waals surface area contributed by atoms with E-state index < -0.39 is 0 Å². The van der Waals surface area contributed by atoms with Gasteiger partial charge in [0, 0.05) is 55.5 Å². The van der Waals surface area contributed by atoms with E-state index in [-0.39, 0.29) is 22.6 Å². The molecule has 0 aromatic heterocycles. The molecule has 1 saturated heterocycles. The minimum Gasteiger partial charge on any atom is -0.381 e. The summed E-state index contributed by atoms with van der Waals surface area (Å²) in [5.74, 6) is 3.40. The zero-order valence-corrected chi connectivity index (χ0v) is 46.1. The van der Waals surface area contributed by atoms with Crippen molar-refractivity contribution in [3.05, 3.63) is 36.0 Å². The van der Waals surface area contributed by atoms with Crippen LogP contribution in [0.4, 0.5) is 0 Å². The predicted octanol–water partition coefficient (Wildman–Crippen LogP) is 15.9. The van der Waals surface area contributed by atoms with Gasteiger partial charge in [-0.25, -0.2) is 0 Å². The van der Waals surface area contributed by atoms with Crippen LogP contribution in [0, 0.1) is 40.4 Å². The highest BCUT2D eigenvalue weighted by Crippen LogP contribution is 2.69. The molecule has 0 aromatic carbocycles. The van der Waals surface area contributed by atoms with E-state index in [9.17, 15) is 0 Å². The highest BCUT2D eigenvalue weighted by atomic mass is 16.5. The molecule has 0 aromatic rings. The Labute approximate surface area is 422 Å². The van der Waals surface area contributed by atoms with Crippen LogP contribution >= 0.6 is 0 Å². The normalized spacial score (nSPS) is 31.7. The molecule has 0 bridgehead atoms. The van der Waals surface area contributed by atoms with Crippen molar-refractivity contribution in [2.24, 2.45) is 51.9 Å². The highest BCUT2D eigenvalue weighted by Gasteiger charge is 2.69. The first-order valence-corrected chi connectivity index (χ1v) is 30.0. The van der Waals surface area contributed by atoms with Gasteiger partial charge in [0.1, 0.15) is 0 Å². The number of nitrogens with zero attached hydrogens (tertiary/aromatic N) is 1. The maximum atomic E-state index is 7.76. The third-order valence-corrected chi connectivity index (χ3v) is 19.5. The fourth-order valence-corrected chi connectivity index (χ4v) is 14.6. The van der Waals surface area contributed by atoms with Gasteiger partial charge in [-0.05, 0) is 170 Å². The summed E-state index contributed by atoms with van der Waals surface area (Å²) in [5, 5.41) is 0. The molecule has 5 rings (SSSR count). The summed E-state index contributed by atoms with van der Waals surface area (Å²) in [6.45, 7) is 23.1. The van der Waals surface area contributed by atoms with E-state index in [1.807, 2.05) is 0 Å². The van der Waals surface area contributed by atoms with Crippen LogP contribution < -0.4 is 11.5 Å². The lowest BCUT2D eigenvalue weighted by molar-refractivity contribution is -0.0783. The van der Waals surface area contributed by atoms with E-state index in [4.69, 9.17) is 25.7 Å². The van der Waals surface area contributed by atoms with Crippen LogP contribution in [-0.4, -0.2) is 74.2 Å². The molecule has 4 aliphatic carbocycles. The molecule has 2 unspecified atom stereocenters. The Morgan fingerprint density at radius 2 is 1.40 bits per heavy atom. The first-order valence-electron chi connectivity index (χ1n) is 30.0. The van der Waals surface area contributed by atoms with Crippen molar-refractivity contribution in [2.45, 2.75) is 271 Å². The standard InChI is InChI=1S/C62H113N3O3/c1-8-9-10-11-12-13-14-15-16-17-18-19-20-21-22-23-24-26-45-67-50-56(49-65-43-29-33-53(65)5)68-47-30-46-66-44-27-25-34-54-37-39-59(6)55(48-54)35-36-58-57(59)38-40-60(7)61(63,41-42-62(58,60)64)52(4)32-28-31-51(2)3/h12-13,15-16,35,51-54,56-58H,8-11,14,17-34,36-50,63-64H2,1-7H3/b13-12-,16-15-/t52-,53?,54+,56?,57+,58-,59+,60-,61+,62-/m1/s1. The summed E-state index contributed by atoms with van der Waals surface area (Å²) >= 11 is 0. The third kappa shape index (κ3) is 16.5. The van der Waals surface area contributed by atoms with Crippen LogP contribution in [0.25, 0.3) is 0 Å². The molecule has 0 radical (unpaired) electrons. The number of fused-ring (bicyclic) bond motifs is 5. The van der Waals surface area contributed by atoms with Gasteiger partial charge < -0.3 is 25.7 Å². The van der Waals surface area contributed by atoms with Crippen LogP contribution in [0.1, 0.15) is 248 Å². The molecule has 3 saturated carbocycles. The Kier molecular flexibility index (Phi) is 25.7. The molecule has 4 fully saturated rings. The Balaban J connectivity index is 0.894. The van der Waals surface area contributed by atoms with Gasteiger partial charge in [0.05, 0.1) is 12.7 Å². The average molecular weight is 949 g/mol. The van der Waals surface area contributed by atoms with Gasteiger partial charge in [0.2, 0.25) is 0 Å². The zero-order valence-electron chi connectivity index (χ0n) is 46.1. The second-order valence-electron chi connectivity index (χ2n) is 24.7.